The standard InChI is InChI=1S/C24H29N3O3S/c28-22(12-19-7-4-10-31-19)26-13-16-11-18(15-26)21-9-8-20(24(30)27(21)14-16)25-23(29)17-5-2-1-3-6-17/h4,7-10,16-18H,1-3,5-6,11-15H2,(H,25,29)/t16-,18-/m1/s1. The van der Waals surface area contributed by atoms with Gasteiger partial charge >= 0.3 is 0 Å². The largest absolute Gasteiger partial charge is 0.341 e. The maximum absolute atomic E-state index is 13.2. The molecule has 0 radical (unpaired) electrons. The van der Waals surface area contributed by atoms with Crippen molar-refractivity contribution in [1.29, 1.82) is 0 Å². The highest BCUT2D eigenvalue weighted by molar-refractivity contribution is 7.10. The summed E-state index contributed by atoms with van der Waals surface area (Å²) >= 11 is 1.62. The number of piperidine rings is 1. The van der Waals surface area contributed by atoms with E-state index in [0.29, 0.717) is 31.7 Å². The maximum atomic E-state index is 13.2. The predicted molar refractivity (Wildman–Crippen MR) is 121 cm³/mol. The molecular weight excluding hydrogens is 410 g/mol. The van der Waals surface area contributed by atoms with Gasteiger partial charge in [0, 0.05) is 42.0 Å². The van der Waals surface area contributed by atoms with E-state index in [9.17, 15) is 14.4 Å². The number of rotatable bonds is 4. The van der Waals surface area contributed by atoms with E-state index in [0.717, 1.165) is 42.7 Å². The number of fused-ring (bicyclic) bond motifs is 4. The number of hydrogen-bond acceptors (Lipinski definition) is 4. The van der Waals surface area contributed by atoms with Crippen molar-refractivity contribution in [3.8, 4) is 0 Å². The lowest BCUT2D eigenvalue weighted by atomic mass is 9.83. The normalized spacial score (nSPS) is 23.3. The Morgan fingerprint density at radius 1 is 1.06 bits per heavy atom. The van der Waals surface area contributed by atoms with Crippen LogP contribution in [0.3, 0.4) is 0 Å². The summed E-state index contributed by atoms with van der Waals surface area (Å²) in [7, 11) is 0. The number of likely N-dealkylation sites (tertiary alicyclic amines) is 1. The van der Waals surface area contributed by atoms with Crippen LogP contribution in [0.1, 0.15) is 55.0 Å². The molecule has 1 N–H and O–H groups in total. The Bertz CT molecular complexity index is 1020. The minimum absolute atomic E-state index is 0.0151. The number of nitrogens with zero attached hydrogens (tertiary/aromatic N) is 2. The lowest BCUT2D eigenvalue weighted by molar-refractivity contribution is -0.133. The van der Waals surface area contributed by atoms with E-state index in [1.54, 1.807) is 17.4 Å². The van der Waals surface area contributed by atoms with Crippen LogP contribution >= 0.6 is 11.3 Å². The maximum Gasteiger partial charge on any atom is 0.274 e. The number of carbonyl (C=O) groups excluding carboxylic acids is 2. The molecule has 2 aromatic heterocycles. The van der Waals surface area contributed by atoms with Crippen LogP contribution in [0.25, 0.3) is 0 Å². The minimum Gasteiger partial charge on any atom is -0.341 e. The summed E-state index contributed by atoms with van der Waals surface area (Å²) in [5, 5.41) is 4.91. The highest BCUT2D eigenvalue weighted by atomic mass is 32.1. The van der Waals surface area contributed by atoms with Crippen molar-refractivity contribution in [2.24, 2.45) is 11.8 Å². The number of amides is 2. The molecule has 2 fully saturated rings. The summed E-state index contributed by atoms with van der Waals surface area (Å²) in [5.74, 6) is 0.635. The molecule has 2 atom stereocenters. The molecule has 1 saturated carbocycles. The number of pyridine rings is 1. The van der Waals surface area contributed by atoms with E-state index in [2.05, 4.69) is 5.32 Å². The predicted octanol–water partition coefficient (Wildman–Crippen LogP) is 3.62. The average molecular weight is 440 g/mol. The van der Waals surface area contributed by atoms with Crippen LogP contribution in [0.2, 0.25) is 0 Å². The molecule has 0 unspecified atom stereocenters. The van der Waals surface area contributed by atoms with Gasteiger partial charge in [-0.2, -0.15) is 0 Å². The van der Waals surface area contributed by atoms with Gasteiger partial charge in [-0.25, -0.2) is 0 Å². The van der Waals surface area contributed by atoms with E-state index < -0.39 is 0 Å². The van der Waals surface area contributed by atoms with Gasteiger partial charge in [-0.05, 0) is 48.8 Å². The molecule has 0 spiro atoms. The molecule has 7 heteroatoms. The Labute approximate surface area is 186 Å². The number of anilines is 1. The van der Waals surface area contributed by atoms with E-state index in [4.69, 9.17) is 0 Å². The molecule has 31 heavy (non-hydrogen) atoms. The molecule has 1 saturated heterocycles. The number of nitrogens with one attached hydrogen (secondary N) is 1. The van der Waals surface area contributed by atoms with Crippen LogP contribution in [0.4, 0.5) is 5.69 Å². The highest BCUT2D eigenvalue weighted by Crippen LogP contribution is 2.36. The first kappa shape index (κ1) is 20.5. The smallest absolute Gasteiger partial charge is 0.274 e. The molecule has 164 valence electrons. The van der Waals surface area contributed by atoms with Crippen molar-refractivity contribution in [2.75, 3.05) is 18.4 Å². The molecule has 2 aliphatic heterocycles. The van der Waals surface area contributed by atoms with Crippen LogP contribution in [0, 0.1) is 11.8 Å². The van der Waals surface area contributed by atoms with Crippen LogP contribution in [-0.4, -0.2) is 34.4 Å². The van der Waals surface area contributed by atoms with Gasteiger partial charge in [-0.3, -0.25) is 14.4 Å². The SMILES string of the molecule is O=C(Nc1ccc2n(c1=O)C[C@@H]1C[C@@H]2CN(C(=O)Cc2cccs2)C1)C1CCCCC1. The third-order valence-corrected chi connectivity index (χ3v) is 7.97. The Balaban J connectivity index is 1.31. The fourth-order valence-corrected chi connectivity index (χ4v) is 6.21. The van der Waals surface area contributed by atoms with Crippen molar-refractivity contribution in [1.82, 2.24) is 9.47 Å². The fraction of sp³-hybridized carbons (Fsp3) is 0.542. The lowest BCUT2D eigenvalue weighted by Crippen LogP contribution is -2.49. The number of carbonyl (C=O) groups is 2. The zero-order valence-corrected chi connectivity index (χ0v) is 18.5. The summed E-state index contributed by atoms with van der Waals surface area (Å²) in [6.45, 7) is 1.97. The second-order valence-corrected chi connectivity index (χ2v) is 10.3. The summed E-state index contributed by atoms with van der Waals surface area (Å²) in [5.41, 5.74) is 1.28. The van der Waals surface area contributed by atoms with Gasteiger partial charge in [-0.1, -0.05) is 25.3 Å². The number of thiophene rings is 1. The Hall–Kier alpha value is -2.41. The zero-order valence-electron chi connectivity index (χ0n) is 17.7. The van der Waals surface area contributed by atoms with E-state index >= 15 is 0 Å². The molecular formula is C24H29N3O3S. The number of hydrogen-bond donors (Lipinski definition) is 1. The summed E-state index contributed by atoms with van der Waals surface area (Å²) in [6, 6.07) is 7.73. The molecule has 0 aromatic carbocycles. The highest BCUT2D eigenvalue weighted by Gasteiger charge is 2.36. The van der Waals surface area contributed by atoms with Crippen molar-refractivity contribution >= 4 is 28.8 Å². The van der Waals surface area contributed by atoms with Crippen molar-refractivity contribution in [3.05, 3.63) is 50.6 Å². The first-order valence-electron chi connectivity index (χ1n) is 11.4. The molecule has 4 heterocycles. The van der Waals surface area contributed by atoms with Crippen molar-refractivity contribution in [3.63, 3.8) is 0 Å². The zero-order chi connectivity index (χ0) is 21.4. The molecule has 5 rings (SSSR count). The second kappa shape index (κ2) is 8.61. The van der Waals surface area contributed by atoms with Crippen molar-refractivity contribution in [2.45, 2.75) is 57.4 Å². The van der Waals surface area contributed by atoms with Crippen LogP contribution < -0.4 is 10.9 Å². The quantitative estimate of drug-likeness (QED) is 0.791. The van der Waals surface area contributed by atoms with Gasteiger partial charge in [0.2, 0.25) is 11.8 Å². The molecule has 1 aliphatic carbocycles. The van der Waals surface area contributed by atoms with Gasteiger partial charge in [-0.15, -0.1) is 11.3 Å². The Morgan fingerprint density at radius 3 is 2.68 bits per heavy atom. The number of aromatic nitrogens is 1. The third-order valence-electron chi connectivity index (χ3n) is 7.10. The van der Waals surface area contributed by atoms with E-state index in [1.165, 1.54) is 6.42 Å². The monoisotopic (exact) mass is 439 g/mol. The van der Waals surface area contributed by atoms with Crippen LogP contribution in [-0.2, 0) is 22.6 Å². The van der Waals surface area contributed by atoms with E-state index in [-0.39, 0.29) is 35.1 Å². The molecule has 6 nitrogen and oxygen atoms in total. The van der Waals surface area contributed by atoms with Crippen molar-refractivity contribution < 1.29 is 9.59 Å². The topological polar surface area (TPSA) is 71.4 Å². The summed E-state index contributed by atoms with van der Waals surface area (Å²) < 4.78 is 1.84. The Morgan fingerprint density at radius 2 is 1.90 bits per heavy atom. The van der Waals surface area contributed by atoms with Gasteiger partial charge in [0.15, 0.2) is 0 Å². The fourth-order valence-electron chi connectivity index (χ4n) is 5.52. The van der Waals surface area contributed by atoms with Gasteiger partial charge in [0.05, 0.1) is 6.42 Å². The van der Waals surface area contributed by atoms with Gasteiger partial charge < -0.3 is 14.8 Å². The van der Waals surface area contributed by atoms with Crippen LogP contribution in [0.15, 0.2) is 34.4 Å². The summed E-state index contributed by atoms with van der Waals surface area (Å²) in [4.78, 5) is 41.7. The molecule has 2 aromatic rings. The first-order valence-corrected chi connectivity index (χ1v) is 12.3. The van der Waals surface area contributed by atoms with Gasteiger partial charge in [0.1, 0.15) is 5.69 Å². The van der Waals surface area contributed by atoms with Crippen LogP contribution in [0.5, 0.6) is 0 Å². The second-order valence-electron chi connectivity index (χ2n) is 9.27. The molecule has 3 aliphatic rings. The average Bonchev–Trinajstić information content (AvgIpc) is 3.29. The Kier molecular flexibility index (Phi) is 5.69. The molecule has 2 bridgehead atoms. The third kappa shape index (κ3) is 4.20. The van der Waals surface area contributed by atoms with Gasteiger partial charge in [0.25, 0.3) is 5.56 Å². The molecule has 2 amide bonds. The first-order chi connectivity index (χ1) is 15.1. The summed E-state index contributed by atoms with van der Waals surface area (Å²) in [6.07, 6.45) is 6.67. The van der Waals surface area contributed by atoms with E-state index in [1.807, 2.05) is 33.0 Å². The lowest BCUT2D eigenvalue weighted by Gasteiger charge is -2.43. The minimum atomic E-state index is -0.102.